The molecule has 1 aromatic carbocycles. The highest BCUT2D eigenvalue weighted by Gasteiger charge is 2.10. The number of esters is 1. The number of hydrogen-bond acceptors (Lipinski definition) is 5. The van der Waals surface area contributed by atoms with Crippen molar-refractivity contribution in [2.24, 2.45) is 0 Å². The van der Waals surface area contributed by atoms with Gasteiger partial charge in [0.05, 0.1) is 26.4 Å². The topological polar surface area (TPSA) is 54.0 Å². The Hall–Kier alpha value is -1.85. The van der Waals surface area contributed by atoms with Crippen LogP contribution in [-0.2, 0) is 25.6 Å². The molecule has 1 aromatic rings. The first-order valence-corrected chi connectivity index (χ1v) is 7.69. The van der Waals surface area contributed by atoms with Crippen LogP contribution in [0.3, 0.4) is 0 Å². The second-order valence-electron chi connectivity index (χ2n) is 5.03. The Labute approximate surface area is 138 Å². The monoisotopic (exact) mass is 322 g/mol. The fourth-order valence-corrected chi connectivity index (χ4v) is 1.97. The molecular weight excluding hydrogens is 296 g/mol. The van der Waals surface area contributed by atoms with Crippen LogP contribution in [0.4, 0.5) is 0 Å². The van der Waals surface area contributed by atoms with Crippen LogP contribution in [-0.4, -0.2) is 39.5 Å². The smallest absolute Gasteiger partial charge is 0.333 e. The Kier molecular flexibility index (Phi) is 9.02. The van der Waals surface area contributed by atoms with Gasteiger partial charge in [-0.3, -0.25) is 0 Å². The van der Waals surface area contributed by atoms with Crippen LogP contribution in [0.15, 0.2) is 35.9 Å². The maximum absolute atomic E-state index is 11.6. The van der Waals surface area contributed by atoms with E-state index in [-0.39, 0.29) is 12.1 Å². The molecular formula is C18H26O5. The molecule has 5 nitrogen and oxygen atoms in total. The van der Waals surface area contributed by atoms with Crippen LogP contribution in [0.1, 0.15) is 25.8 Å². The zero-order valence-corrected chi connectivity index (χ0v) is 14.3. The van der Waals surface area contributed by atoms with E-state index < -0.39 is 0 Å². The van der Waals surface area contributed by atoms with Gasteiger partial charge in [0.1, 0.15) is 5.75 Å². The molecule has 0 aromatic heterocycles. The summed E-state index contributed by atoms with van der Waals surface area (Å²) in [5.74, 6) is 0.515. The SMILES string of the molecule is CCOC(=O)/C(C)=C/[C@H](CCOCc1ccc(OC)cc1)OC. The fraction of sp³-hybridized carbons (Fsp3) is 0.500. The molecule has 0 radical (unpaired) electrons. The van der Waals surface area contributed by atoms with Gasteiger partial charge in [-0.15, -0.1) is 0 Å². The van der Waals surface area contributed by atoms with Crippen LogP contribution in [0.25, 0.3) is 0 Å². The van der Waals surface area contributed by atoms with Gasteiger partial charge >= 0.3 is 5.97 Å². The highest BCUT2D eigenvalue weighted by Crippen LogP contribution is 2.12. The van der Waals surface area contributed by atoms with E-state index in [1.165, 1.54) is 0 Å². The maximum atomic E-state index is 11.6. The summed E-state index contributed by atoms with van der Waals surface area (Å²) >= 11 is 0. The molecule has 0 heterocycles. The van der Waals surface area contributed by atoms with Crippen molar-refractivity contribution in [1.29, 1.82) is 0 Å². The zero-order valence-electron chi connectivity index (χ0n) is 14.3. The third-order valence-corrected chi connectivity index (χ3v) is 3.31. The quantitative estimate of drug-likeness (QED) is 0.376. The lowest BCUT2D eigenvalue weighted by atomic mass is 10.1. The van der Waals surface area contributed by atoms with Crippen molar-refractivity contribution >= 4 is 5.97 Å². The van der Waals surface area contributed by atoms with E-state index in [0.29, 0.717) is 31.8 Å². The summed E-state index contributed by atoms with van der Waals surface area (Å²) in [7, 11) is 3.26. The molecule has 0 amide bonds. The maximum Gasteiger partial charge on any atom is 0.333 e. The number of ether oxygens (including phenoxy) is 4. The second-order valence-corrected chi connectivity index (χ2v) is 5.03. The van der Waals surface area contributed by atoms with E-state index in [2.05, 4.69) is 0 Å². The summed E-state index contributed by atoms with van der Waals surface area (Å²) in [5, 5.41) is 0. The lowest BCUT2D eigenvalue weighted by molar-refractivity contribution is -0.138. The Balaban J connectivity index is 2.36. The summed E-state index contributed by atoms with van der Waals surface area (Å²) in [4.78, 5) is 11.6. The Morgan fingerprint density at radius 1 is 1.22 bits per heavy atom. The minimum Gasteiger partial charge on any atom is -0.497 e. The highest BCUT2D eigenvalue weighted by molar-refractivity contribution is 5.87. The van der Waals surface area contributed by atoms with E-state index in [1.807, 2.05) is 24.3 Å². The number of hydrogen-bond donors (Lipinski definition) is 0. The van der Waals surface area contributed by atoms with Gasteiger partial charge in [0.25, 0.3) is 0 Å². The number of benzene rings is 1. The molecule has 0 spiro atoms. The zero-order chi connectivity index (χ0) is 17.1. The van der Waals surface area contributed by atoms with E-state index in [1.54, 1.807) is 34.1 Å². The molecule has 0 saturated heterocycles. The van der Waals surface area contributed by atoms with Gasteiger partial charge in [0, 0.05) is 25.7 Å². The van der Waals surface area contributed by atoms with E-state index in [0.717, 1.165) is 11.3 Å². The largest absolute Gasteiger partial charge is 0.497 e. The Morgan fingerprint density at radius 3 is 2.48 bits per heavy atom. The van der Waals surface area contributed by atoms with Crippen molar-refractivity contribution in [3.63, 3.8) is 0 Å². The van der Waals surface area contributed by atoms with Gasteiger partial charge < -0.3 is 18.9 Å². The van der Waals surface area contributed by atoms with Crippen molar-refractivity contribution in [3.8, 4) is 5.75 Å². The van der Waals surface area contributed by atoms with E-state index in [9.17, 15) is 4.79 Å². The molecule has 0 aliphatic rings. The number of carbonyl (C=O) groups is 1. The van der Waals surface area contributed by atoms with Gasteiger partial charge in [0.2, 0.25) is 0 Å². The number of methoxy groups -OCH3 is 2. The lowest BCUT2D eigenvalue weighted by Gasteiger charge is -2.13. The summed E-state index contributed by atoms with van der Waals surface area (Å²) in [6, 6.07) is 7.75. The Bertz CT molecular complexity index is 493. The normalized spacial score (nSPS) is 12.8. The first kappa shape index (κ1) is 19.2. The van der Waals surface area contributed by atoms with Crippen molar-refractivity contribution in [2.75, 3.05) is 27.4 Å². The average Bonchev–Trinajstić information content (AvgIpc) is 2.58. The van der Waals surface area contributed by atoms with Crippen LogP contribution in [0, 0.1) is 0 Å². The average molecular weight is 322 g/mol. The fourth-order valence-electron chi connectivity index (χ4n) is 1.97. The summed E-state index contributed by atoms with van der Waals surface area (Å²) < 4.78 is 21.1. The molecule has 128 valence electrons. The third kappa shape index (κ3) is 7.30. The molecule has 0 fully saturated rings. The van der Waals surface area contributed by atoms with E-state index >= 15 is 0 Å². The Morgan fingerprint density at radius 2 is 1.91 bits per heavy atom. The summed E-state index contributed by atoms with van der Waals surface area (Å²) in [5.41, 5.74) is 1.63. The molecule has 1 atom stereocenters. The van der Waals surface area contributed by atoms with Crippen LogP contribution >= 0.6 is 0 Å². The van der Waals surface area contributed by atoms with Gasteiger partial charge in [-0.05, 0) is 37.6 Å². The van der Waals surface area contributed by atoms with Crippen LogP contribution in [0.2, 0.25) is 0 Å². The first-order chi connectivity index (χ1) is 11.1. The standard InChI is InChI=1S/C18H26O5/c1-5-23-18(19)14(2)12-17(21-4)10-11-22-13-15-6-8-16(20-3)9-7-15/h6-9,12,17H,5,10-11,13H2,1-4H3/b14-12+/t17-/m0/s1. The first-order valence-electron chi connectivity index (χ1n) is 7.69. The summed E-state index contributed by atoms with van der Waals surface area (Å²) in [6.45, 7) is 4.94. The molecule has 5 heteroatoms. The minimum atomic E-state index is -0.311. The van der Waals surface area contributed by atoms with Gasteiger partial charge in [0.15, 0.2) is 0 Å². The van der Waals surface area contributed by atoms with Crippen molar-refractivity contribution in [3.05, 3.63) is 41.5 Å². The number of carbonyl (C=O) groups excluding carboxylic acids is 1. The lowest BCUT2D eigenvalue weighted by Crippen LogP contribution is -2.14. The van der Waals surface area contributed by atoms with Crippen molar-refractivity contribution < 1.29 is 23.7 Å². The highest BCUT2D eigenvalue weighted by atomic mass is 16.5. The molecule has 0 bridgehead atoms. The molecule has 0 aliphatic carbocycles. The van der Waals surface area contributed by atoms with Crippen LogP contribution < -0.4 is 4.74 Å². The van der Waals surface area contributed by atoms with Crippen molar-refractivity contribution in [1.82, 2.24) is 0 Å². The predicted molar refractivity (Wildman–Crippen MR) is 88.5 cm³/mol. The summed E-state index contributed by atoms with van der Waals surface area (Å²) in [6.07, 6.45) is 2.27. The molecule has 23 heavy (non-hydrogen) atoms. The molecule has 0 unspecified atom stereocenters. The van der Waals surface area contributed by atoms with Gasteiger partial charge in [-0.2, -0.15) is 0 Å². The van der Waals surface area contributed by atoms with Crippen LogP contribution in [0.5, 0.6) is 5.75 Å². The number of rotatable bonds is 10. The second kappa shape index (κ2) is 10.8. The van der Waals surface area contributed by atoms with Gasteiger partial charge in [-0.1, -0.05) is 12.1 Å². The van der Waals surface area contributed by atoms with Crippen molar-refractivity contribution in [2.45, 2.75) is 33.0 Å². The molecule has 0 saturated carbocycles. The molecule has 0 aliphatic heterocycles. The van der Waals surface area contributed by atoms with Gasteiger partial charge in [-0.25, -0.2) is 4.79 Å². The minimum absolute atomic E-state index is 0.171. The third-order valence-electron chi connectivity index (χ3n) is 3.31. The predicted octanol–water partition coefficient (Wildman–Crippen LogP) is 3.13. The molecule has 0 N–H and O–H groups in total. The van der Waals surface area contributed by atoms with E-state index in [4.69, 9.17) is 18.9 Å². The molecule has 1 rings (SSSR count).